The summed E-state index contributed by atoms with van der Waals surface area (Å²) in [6.07, 6.45) is 2.86. The van der Waals surface area contributed by atoms with Gasteiger partial charge in [-0.2, -0.15) is 0 Å². The van der Waals surface area contributed by atoms with Crippen LogP contribution in [0.25, 0.3) is 0 Å². The summed E-state index contributed by atoms with van der Waals surface area (Å²) in [4.78, 5) is 30.8. The van der Waals surface area contributed by atoms with Crippen molar-refractivity contribution in [1.29, 1.82) is 0 Å². The molecule has 0 spiro atoms. The second-order valence-corrected chi connectivity index (χ2v) is 8.18. The Hall–Kier alpha value is -1.44. The Bertz CT molecular complexity index is 623. The number of amides is 2. The van der Waals surface area contributed by atoms with E-state index in [2.05, 4.69) is 0 Å². The number of nitrogens with zero attached hydrogens (tertiary/aromatic N) is 2. The molecule has 1 aromatic rings. The van der Waals surface area contributed by atoms with E-state index in [1.54, 1.807) is 0 Å². The standard InChI is InChI=1S/C19H28N2O4S/c1-14(2)25-13-18(22)21-9-3-5-15(21)16-6-7-17(26-16)19(23)20-8-4-11-24-12-10-20/h6-7,14-15H,3-5,8-13H2,1-2H3. The molecule has 0 aliphatic carbocycles. The predicted octanol–water partition coefficient (Wildman–Crippen LogP) is 2.70. The van der Waals surface area contributed by atoms with E-state index in [-0.39, 0.29) is 30.6 Å². The zero-order valence-corrected chi connectivity index (χ0v) is 16.4. The lowest BCUT2D eigenvalue weighted by atomic mass is 10.2. The van der Waals surface area contributed by atoms with E-state index in [0.29, 0.717) is 13.2 Å². The minimum atomic E-state index is 0.0344. The minimum Gasteiger partial charge on any atom is -0.380 e. The second kappa shape index (κ2) is 8.97. The van der Waals surface area contributed by atoms with Crippen LogP contribution < -0.4 is 0 Å². The Morgan fingerprint density at radius 1 is 1.23 bits per heavy atom. The van der Waals surface area contributed by atoms with Gasteiger partial charge in [-0.1, -0.05) is 0 Å². The van der Waals surface area contributed by atoms with Gasteiger partial charge >= 0.3 is 0 Å². The average Bonchev–Trinajstić information content (AvgIpc) is 3.22. The topological polar surface area (TPSA) is 59.1 Å². The third-order valence-corrected chi connectivity index (χ3v) is 5.96. The summed E-state index contributed by atoms with van der Waals surface area (Å²) in [6.45, 7) is 7.45. The first kappa shape index (κ1) is 19.3. The molecule has 7 heteroatoms. The van der Waals surface area contributed by atoms with E-state index in [1.165, 1.54) is 11.3 Å². The van der Waals surface area contributed by atoms with Gasteiger partial charge in [0.2, 0.25) is 5.91 Å². The first-order valence-corrected chi connectivity index (χ1v) is 10.3. The number of hydrogen-bond acceptors (Lipinski definition) is 5. The zero-order chi connectivity index (χ0) is 18.5. The van der Waals surface area contributed by atoms with Crippen LogP contribution in [0.3, 0.4) is 0 Å². The van der Waals surface area contributed by atoms with Crippen LogP contribution in [0.1, 0.15) is 53.7 Å². The second-order valence-electron chi connectivity index (χ2n) is 7.07. The Morgan fingerprint density at radius 3 is 2.88 bits per heavy atom. The summed E-state index contributed by atoms with van der Waals surface area (Å²) in [5.41, 5.74) is 0. The molecule has 3 heterocycles. The summed E-state index contributed by atoms with van der Waals surface area (Å²) < 4.78 is 10.9. The first-order chi connectivity index (χ1) is 12.6. The Morgan fingerprint density at radius 2 is 2.08 bits per heavy atom. The van der Waals surface area contributed by atoms with E-state index < -0.39 is 0 Å². The Kier molecular flexibility index (Phi) is 6.67. The predicted molar refractivity (Wildman–Crippen MR) is 100 cm³/mol. The van der Waals surface area contributed by atoms with Gasteiger partial charge in [-0.15, -0.1) is 11.3 Å². The summed E-state index contributed by atoms with van der Waals surface area (Å²) in [6, 6.07) is 3.98. The van der Waals surface area contributed by atoms with Gasteiger partial charge in [0, 0.05) is 31.1 Å². The maximum Gasteiger partial charge on any atom is 0.264 e. The molecule has 1 atom stereocenters. The first-order valence-electron chi connectivity index (χ1n) is 9.44. The van der Waals surface area contributed by atoms with Gasteiger partial charge in [-0.25, -0.2) is 0 Å². The molecule has 1 unspecified atom stereocenters. The van der Waals surface area contributed by atoms with Crippen LogP contribution in [0, 0.1) is 0 Å². The lowest BCUT2D eigenvalue weighted by Gasteiger charge is -2.24. The smallest absolute Gasteiger partial charge is 0.264 e. The highest BCUT2D eigenvalue weighted by Gasteiger charge is 2.31. The minimum absolute atomic E-state index is 0.0344. The van der Waals surface area contributed by atoms with Crippen LogP contribution in [0.4, 0.5) is 0 Å². The summed E-state index contributed by atoms with van der Waals surface area (Å²) in [7, 11) is 0. The number of carbonyl (C=O) groups excluding carboxylic acids is 2. The van der Waals surface area contributed by atoms with E-state index in [4.69, 9.17) is 9.47 Å². The van der Waals surface area contributed by atoms with Crippen molar-refractivity contribution in [1.82, 2.24) is 9.80 Å². The third kappa shape index (κ3) is 4.64. The van der Waals surface area contributed by atoms with Gasteiger partial charge < -0.3 is 19.3 Å². The van der Waals surface area contributed by atoms with Crippen LogP contribution in [-0.2, 0) is 14.3 Å². The van der Waals surface area contributed by atoms with Gasteiger partial charge in [0.25, 0.3) is 5.91 Å². The molecule has 1 aromatic heterocycles. The molecule has 0 aromatic carbocycles. The van der Waals surface area contributed by atoms with Crippen LogP contribution in [0.2, 0.25) is 0 Å². The molecule has 3 rings (SSSR count). The van der Waals surface area contributed by atoms with Crippen molar-refractivity contribution in [2.24, 2.45) is 0 Å². The molecule has 2 fully saturated rings. The van der Waals surface area contributed by atoms with Crippen LogP contribution in [0.5, 0.6) is 0 Å². The molecule has 2 aliphatic rings. The molecule has 0 bridgehead atoms. The molecule has 26 heavy (non-hydrogen) atoms. The molecular formula is C19H28N2O4S. The monoisotopic (exact) mass is 380 g/mol. The molecule has 2 aliphatic heterocycles. The molecule has 2 amide bonds. The molecule has 0 saturated carbocycles. The molecular weight excluding hydrogens is 352 g/mol. The lowest BCUT2D eigenvalue weighted by Crippen LogP contribution is -2.34. The van der Waals surface area contributed by atoms with Gasteiger partial charge in [-0.3, -0.25) is 9.59 Å². The maximum absolute atomic E-state index is 12.8. The van der Waals surface area contributed by atoms with Gasteiger partial charge in [0.05, 0.1) is 23.6 Å². The van der Waals surface area contributed by atoms with Gasteiger partial charge in [0.1, 0.15) is 6.61 Å². The third-order valence-electron chi connectivity index (χ3n) is 4.79. The van der Waals surface area contributed by atoms with Crippen molar-refractivity contribution in [3.05, 3.63) is 21.9 Å². The number of ether oxygens (including phenoxy) is 2. The SMILES string of the molecule is CC(C)OCC(=O)N1CCCC1c1ccc(C(=O)N2CCCOCC2)s1. The highest BCUT2D eigenvalue weighted by Crippen LogP contribution is 2.36. The van der Waals surface area contributed by atoms with Crippen molar-refractivity contribution in [3.8, 4) is 0 Å². The summed E-state index contributed by atoms with van der Waals surface area (Å²) >= 11 is 1.52. The average molecular weight is 381 g/mol. The molecule has 0 radical (unpaired) electrons. The molecule has 0 N–H and O–H groups in total. The van der Waals surface area contributed by atoms with Crippen molar-refractivity contribution < 1.29 is 19.1 Å². The van der Waals surface area contributed by atoms with Crippen molar-refractivity contribution in [2.75, 3.05) is 39.5 Å². The number of hydrogen-bond donors (Lipinski definition) is 0. The largest absolute Gasteiger partial charge is 0.380 e. The van der Waals surface area contributed by atoms with Gasteiger partial charge in [-0.05, 0) is 45.2 Å². The van der Waals surface area contributed by atoms with E-state index in [0.717, 1.165) is 48.7 Å². The van der Waals surface area contributed by atoms with Crippen LogP contribution in [-0.4, -0.2) is 67.2 Å². The highest BCUT2D eigenvalue weighted by atomic mass is 32.1. The molecule has 144 valence electrons. The summed E-state index contributed by atoms with van der Waals surface area (Å²) in [5.74, 6) is 0.109. The van der Waals surface area contributed by atoms with E-state index >= 15 is 0 Å². The van der Waals surface area contributed by atoms with Crippen molar-refractivity contribution >= 4 is 23.2 Å². The van der Waals surface area contributed by atoms with Crippen molar-refractivity contribution in [3.63, 3.8) is 0 Å². The molecule has 6 nitrogen and oxygen atoms in total. The maximum atomic E-state index is 12.8. The van der Waals surface area contributed by atoms with E-state index in [9.17, 15) is 9.59 Å². The normalized spacial score (nSPS) is 21.3. The van der Waals surface area contributed by atoms with E-state index in [1.807, 2.05) is 35.8 Å². The Labute approximate surface area is 159 Å². The highest BCUT2D eigenvalue weighted by molar-refractivity contribution is 7.14. The fraction of sp³-hybridized carbons (Fsp3) is 0.684. The fourth-order valence-corrected chi connectivity index (χ4v) is 4.56. The lowest BCUT2D eigenvalue weighted by molar-refractivity contribution is -0.138. The number of rotatable bonds is 5. The fourth-order valence-electron chi connectivity index (χ4n) is 3.43. The number of likely N-dealkylation sites (tertiary alicyclic amines) is 1. The molecule has 2 saturated heterocycles. The van der Waals surface area contributed by atoms with Crippen LogP contribution >= 0.6 is 11.3 Å². The zero-order valence-electron chi connectivity index (χ0n) is 15.6. The Balaban J connectivity index is 1.66. The quantitative estimate of drug-likeness (QED) is 0.788. The van der Waals surface area contributed by atoms with Crippen LogP contribution in [0.15, 0.2) is 12.1 Å². The summed E-state index contributed by atoms with van der Waals surface area (Å²) in [5, 5.41) is 0. The number of thiophene rings is 1. The number of carbonyl (C=O) groups is 2. The van der Waals surface area contributed by atoms with Crippen molar-refractivity contribution in [2.45, 2.75) is 45.3 Å². The van der Waals surface area contributed by atoms with Gasteiger partial charge in [0.15, 0.2) is 0 Å².